The molecule has 0 bridgehead atoms. The first-order valence-corrected chi connectivity index (χ1v) is 12.3. The molecular formula is C28H42N4. The van der Waals surface area contributed by atoms with Gasteiger partial charge in [-0.05, 0) is 89.8 Å². The van der Waals surface area contributed by atoms with Crippen LogP contribution in [0.2, 0.25) is 0 Å². The van der Waals surface area contributed by atoms with Crippen molar-refractivity contribution in [1.29, 1.82) is 0 Å². The molecule has 0 aromatic heterocycles. The predicted octanol–water partition coefficient (Wildman–Crippen LogP) is 5.40. The van der Waals surface area contributed by atoms with Gasteiger partial charge in [0.2, 0.25) is 0 Å². The van der Waals surface area contributed by atoms with Crippen molar-refractivity contribution in [3.63, 3.8) is 0 Å². The quantitative estimate of drug-likeness (QED) is 0.607. The van der Waals surface area contributed by atoms with Crippen LogP contribution in [0.5, 0.6) is 0 Å². The number of aliphatic imine (C=N–C) groups is 1. The molecule has 3 aliphatic rings. The van der Waals surface area contributed by atoms with Crippen molar-refractivity contribution in [2.75, 3.05) is 32.7 Å². The molecule has 1 saturated heterocycles. The van der Waals surface area contributed by atoms with E-state index in [1.165, 1.54) is 49.0 Å². The van der Waals surface area contributed by atoms with Crippen LogP contribution in [0.3, 0.4) is 0 Å². The van der Waals surface area contributed by atoms with Gasteiger partial charge in [0, 0.05) is 48.8 Å². The molecule has 0 saturated carbocycles. The van der Waals surface area contributed by atoms with E-state index >= 15 is 0 Å². The highest BCUT2D eigenvalue weighted by Crippen LogP contribution is 2.21. The number of piperidine rings is 1. The topological polar surface area (TPSA) is 30.9 Å². The molecule has 1 atom stereocenters. The predicted molar refractivity (Wildman–Crippen MR) is 139 cm³/mol. The van der Waals surface area contributed by atoms with Crippen LogP contribution < -0.4 is 5.32 Å². The zero-order chi connectivity index (χ0) is 22.9. The van der Waals surface area contributed by atoms with Crippen LogP contribution in [0, 0.1) is 0 Å². The van der Waals surface area contributed by atoms with E-state index in [9.17, 15) is 0 Å². The smallest absolute Gasteiger partial charge is 0.0485 e. The summed E-state index contributed by atoms with van der Waals surface area (Å²) in [5.41, 5.74) is 5.89. The Morgan fingerprint density at radius 3 is 2.47 bits per heavy atom. The van der Waals surface area contributed by atoms with Crippen molar-refractivity contribution in [2.24, 2.45) is 4.99 Å². The van der Waals surface area contributed by atoms with E-state index in [-0.39, 0.29) is 0 Å². The molecule has 174 valence electrons. The molecule has 0 spiro atoms. The Kier molecular flexibility index (Phi) is 9.31. The molecule has 3 heterocycles. The van der Waals surface area contributed by atoms with E-state index < -0.39 is 0 Å². The van der Waals surface area contributed by atoms with Gasteiger partial charge in [0.05, 0.1) is 0 Å². The second kappa shape index (κ2) is 12.2. The fraction of sp³-hybridized carbons (Fsp3) is 0.536. The zero-order valence-corrected chi connectivity index (χ0v) is 20.4. The number of hydrogen-bond acceptors (Lipinski definition) is 4. The molecule has 0 aromatic carbocycles. The van der Waals surface area contributed by atoms with Crippen molar-refractivity contribution in [3.8, 4) is 0 Å². The lowest BCUT2D eigenvalue weighted by Gasteiger charge is -2.39. The molecule has 4 heteroatoms. The minimum atomic E-state index is 0.451. The summed E-state index contributed by atoms with van der Waals surface area (Å²) in [5, 5.41) is 3.78. The van der Waals surface area contributed by atoms with Crippen LogP contribution in [-0.2, 0) is 0 Å². The molecule has 32 heavy (non-hydrogen) atoms. The van der Waals surface area contributed by atoms with Crippen molar-refractivity contribution >= 4 is 5.71 Å². The third-order valence-electron chi connectivity index (χ3n) is 6.84. The van der Waals surface area contributed by atoms with Gasteiger partial charge in [0.15, 0.2) is 0 Å². The van der Waals surface area contributed by atoms with Crippen molar-refractivity contribution in [2.45, 2.75) is 65.0 Å². The second-order valence-electron chi connectivity index (χ2n) is 9.41. The van der Waals surface area contributed by atoms with Crippen molar-refractivity contribution < 1.29 is 0 Å². The third kappa shape index (κ3) is 7.18. The number of nitrogens with zero attached hydrogens (tertiary/aromatic N) is 3. The lowest BCUT2D eigenvalue weighted by Crippen LogP contribution is -2.49. The summed E-state index contributed by atoms with van der Waals surface area (Å²) in [6.07, 6.45) is 18.9. The van der Waals surface area contributed by atoms with Crippen LogP contribution in [0.1, 0.15) is 52.9 Å². The maximum atomic E-state index is 4.80. The van der Waals surface area contributed by atoms with Gasteiger partial charge in [-0.2, -0.15) is 0 Å². The molecule has 3 aliphatic heterocycles. The fourth-order valence-electron chi connectivity index (χ4n) is 4.65. The molecule has 1 fully saturated rings. The summed E-state index contributed by atoms with van der Waals surface area (Å²) in [6, 6.07) is 1.03. The van der Waals surface area contributed by atoms with Crippen LogP contribution in [0.4, 0.5) is 0 Å². The first kappa shape index (κ1) is 24.5. The van der Waals surface area contributed by atoms with E-state index in [2.05, 4.69) is 85.5 Å². The van der Waals surface area contributed by atoms with E-state index in [0.29, 0.717) is 12.1 Å². The molecule has 1 unspecified atom stereocenters. The zero-order valence-electron chi connectivity index (χ0n) is 20.4. The summed E-state index contributed by atoms with van der Waals surface area (Å²) in [7, 11) is 0. The van der Waals surface area contributed by atoms with Crippen molar-refractivity contribution in [1.82, 2.24) is 15.1 Å². The molecule has 0 aliphatic carbocycles. The summed E-state index contributed by atoms with van der Waals surface area (Å²) < 4.78 is 0. The lowest BCUT2D eigenvalue weighted by atomic mass is 10.0. The second-order valence-corrected chi connectivity index (χ2v) is 9.41. The molecule has 4 nitrogen and oxygen atoms in total. The molecule has 0 aromatic rings. The van der Waals surface area contributed by atoms with Crippen molar-refractivity contribution in [3.05, 3.63) is 72.2 Å². The van der Waals surface area contributed by atoms with Gasteiger partial charge in [0.25, 0.3) is 0 Å². The lowest BCUT2D eigenvalue weighted by molar-refractivity contribution is 0.137. The Morgan fingerprint density at radius 2 is 1.81 bits per heavy atom. The number of nitrogens with one attached hydrogen (secondary N) is 1. The standard InChI is InChI=1S/C28H42N4/c1-6-26-12-10-23(3)32(24(4)11-13-26)21-25(5)31-17-14-27(15-18-31)30-20-28-19-22(2)9-7-8-16-29-28/h6,10-13,19,25,27,30H,3-4,7-9,14-18,20-21H2,1-2,5H3/b12-10-,13-11-,22-19+,29-28+. The first-order chi connectivity index (χ1) is 15.5. The van der Waals surface area contributed by atoms with Crippen LogP contribution in [0.15, 0.2) is 77.1 Å². The van der Waals surface area contributed by atoms with Gasteiger partial charge >= 0.3 is 0 Å². The summed E-state index contributed by atoms with van der Waals surface area (Å²) in [5.74, 6) is 0. The SMILES string of the molecule is C=C1/C=C\C(=CC)/C=C\C(=C)N1CC(C)N1CCC(NCC2=N/CCCC\C(C)=C\2)CC1. The summed E-state index contributed by atoms with van der Waals surface area (Å²) in [6.45, 7) is 20.2. The van der Waals surface area contributed by atoms with Crippen LogP contribution in [0.25, 0.3) is 0 Å². The average Bonchev–Trinajstić information content (AvgIpc) is 2.78. The van der Waals surface area contributed by atoms with Gasteiger partial charge in [-0.15, -0.1) is 0 Å². The largest absolute Gasteiger partial charge is 0.341 e. The van der Waals surface area contributed by atoms with E-state index in [0.717, 1.165) is 44.1 Å². The third-order valence-corrected chi connectivity index (χ3v) is 6.84. The van der Waals surface area contributed by atoms with Gasteiger partial charge in [-0.3, -0.25) is 9.89 Å². The first-order valence-electron chi connectivity index (χ1n) is 12.3. The maximum Gasteiger partial charge on any atom is 0.0485 e. The fourth-order valence-corrected chi connectivity index (χ4v) is 4.65. The molecule has 0 amide bonds. The van der Waals surface area contributed by atoms with E-state index in [4.69, 9.17) is 4.99 Å². The van der Waals surface area contributed by atoms with Gasteiger partial charge < -0.3 is 10.2 Å². The van der Waals surface area contributed by atoms with E-state index in [1.807, 2.05) is 0 Å². The van der Waals surface area contributed by atoms with Crippen LogP contribution in [-0.4, -0.2) is 60.3 Å². The molecule has 1 N–H and O–H groups in total. The summed E-state index contributed by atoms with van der Waals surface area (Å²) in [4.78, 5) is 9.65. The highest BCUT2D eigenvalue weighted by molar-refractivity contribution is 5.97. The van der Waals surface area contributed by atoms with Gasteiger partial charge in [-0.25, -0.2) is 0 Å². The Morgan fingerprint density at radius 1 is 1.12 bits per heavy atom. The molecule has 3 rings (SSSR count). The highest BCUT2D eigenvalue weighted by atomic mass is 15.2. The minimum Gasteiger partial charge on any atom is -0.341 e. The summed E-state index contributed by atoms with van der Waals surface area (Å²) >= 11 is 0. The Hall–Kier alpha value is -2.17. The van der Waals surface area contributed by atoms with E-state index in [1.54, 1.807) is 0 Å². The highest BCUT2D eigenvalue weighted by Gasteiger charge is 2.24. The van der Waals surface area contributed by atoms with Gasteiger partial charge in [-0.1, -0.05) is 37.0 Å². The Bertz CT molecular complexity index is 790. The normalized spacial score (nSPS) is 27.8. The maximum absolute atomic E-state index is 4.80. The number of allylic oxidation sites excluding steroid dienone is 7. The average molecular weight is 435 g/mol. The number of likely N-dealkylation sites (tertiary alicyclic amines) is 1. The molecular weight excluding hydrogens is 392 g/mol. The Balaban J connectivity index is 1.47. The molecule has 0 radical (unpaired) electrons. The Labute approximate surface area is 195 Å². The number of rotatable bonds is 6. The number of hydrogen-bond donors (Lipinski definition) is 1. The van der Waals surface area contributed by atoms with Crippen LogP contribution >= 0.6 is 0 Å². The monoisotopic (exact) mass is 434 g/mol. The minimum absolute atomic E-state index is 0.451. The van der Waals surface area contributed by atoms with Gasteiger partial charge in [0.1, 0.15) is 0 Å².